The van der Waals surface area contributed by atoms with Gasteiger partial charge in [0.1, 0.15) is 11.6 Å². The van der Waals surface area contributed by atoms with Crippen LogP contribution in [0.25, 0.3) is 11.4 Å². The van der Waals surface area contributed by atoms with Gasteiger partial charge < -0.3 is 15.4 Å². The smallest absolute Gasteiger partial charge is 0.281 e. The van der Waals surface area contributed by atoms with Gasteiger partial charge in [-0.3, -0.25) is 4.79 Å². The molecule has 4 rings (SSSR count). The predicted octanol–water partition coefficient (Wildman–Crippen LogP) is 4.29. The Labute approximate surface area is 225 Å². The van der Waals surface area contributed by atoms with E-state index in [1.54, 1.807) is 18.2 Å². The highest BCUT2D eigenvalue weighted by molar-refractivity contribution is 7.90. The predicted molar refractivity (Wildman–Crippen MR) is 148 cm³/mol. The van der Waals surface area contributed by atoms with E-state index in [9.17, 15) is 13.2 Å². The van der Waals surface area contributed by atoms with E-state index in [0.717, 1.165) is 12.8 Å². The van der Waals surface area contributed by atoms with Crippen molar-refractivity contribution in [1.82, 2.24) is 19.7 Å². The first-order valence-corrected chi connectivity index (χ1v) is 13.9. The maximum atomic E-state index is 13.3. The Kier molecular flexibility index (Phi) is 7.33. The van der Waals surface area contributed by atoms with Crippen molar-refractivity contribution < 1.29 is 19.4 Å². The SMILES string of the molecule is CC(C)(C)COc1cccc(-c2ccc(C(=O)NS(=O)(=O)c3cccc(N)n3)c(N3CCCC3(C)C)n2)n1.[HH]. The van der Waals surface area contributed by atoms with Gasteiger partial charge in [-0.25, -0.2) is 19.7 Å². The topological polar surface area (TPSA) is 140 Å². The molecule has 204 valence electrons. The number of ether oxygens (including phenoxy) is 1. The number of aromatic nitrogens is 3. The highest BCUT2D eigenvalue weighted by Gasteiger charge is 2.36. The summed E-state index contributed by atoms with van der Waals surface area (Å²) in [7, 11) is -4.25. The van der Waals surface area contributed by atoms with Crippen LogP contribution in [0.5, 0.6) is 5.88 Å². The standard InChI is InChI=1S/C27H34N6O4S.H2/c1-26(2,3)17-37-22-11-6-9-19(29-22)20-14-13-18(24(30-20)33-16-8-15-27(33,4)5)25(34)32-38(35,36)23-12-7-10-21(28)31-23;/h6-7,9-14H,8,15-17H2,1-5H3,(H2,28,31)(H,32,34);1H. The van der Waals surface area contributed by atoms with Crippen LogP contribution in [0.15, 0.2) is 53.6 Å². The van der Waals surface area contributed by atoms with Gasteiger partial charge in [-0.05, 0) is 62.4 Å². The first-order chi connectivity index (χ1) is 17.7. The summed E-state index contributed by atoms with van der Waals surface area (Å²) < 4.78 is 33.7. The fourth-order valence-corrected chi connectivity index (χ4v) is 5.15. The molecule has 0 radical (unpaired) electrons. The van der Waals surface area contributed by atoms with Crippen LogP contribution in [0, 0.1) is 5.41 Å². The summed E-state index contributed by atoms with van der Waals surface area (Å²) in [5.41, 5.74) is 6.59. The molecule has 4 heterocycles. The number of amides is 1. The molecule has 0 atom stereocenters. The molecule has 3 aromatic rings. The number of carbonyl (C=O) groups is 1. The third kappa shape index (κ3) is 6.21. The van der Waals surface area contributed by atoms with E-state index < -0.39 is 15.9 Å². The molecular weight excluding hydrogens is 504 g/mol. The monoisotopic (exact) mass is 540 g/mol. The molecule has 1 aliphatic rings. The maximum absolute atomic E-state index is 13.3. The fraction of sp³-hybridized carbons (Fsp3) is 0.407. The summed E-state index contributed by atoms with van der Waals surface area (Å²) in [4.78, 5) is 28.6. The normalized spacial score (nSPS) is 15.3. The second kappa shape index (κ2) is 10.2. The Morgan fingerprint density at radius 2 is 1.79 bits per heavy atom. The number of carbonyl (C=O) groups excluding carboxylic acids is 1. The molecule has 3 aromatic heterocycles. The minimum Gasteiger partial charge on any atom is -0.477 e. The van der Waals surface area contributed by atoms with Gasteiger partial charge in [0.15, 0.2) is 5.03 Å². The summed E-state index contributed by atoms with van der Waals surface area (Å²) in [6, 6.07) is 12.9. The zero-order chi connectivity index (χ0) is 27.7. The molecular formula is C27H36N6O4S. The van der Waals surface area contributed by atoms with Gasteiger partial charge in [0, 0.05) is 19.6 Å². The lowest BCUT2D eigenvalue weighted by atomic mass is 9.99. The van der Waals surface area contributed by atoms with Crippen LogP contribution in [0.4, 0.5) is 11.6 Å². The third-order valence-electron chi connectivity index (χ3n) is 6.16. The molecule has 0 aromatic carbocycles. The van der Waals surface area contributed by atoms with Crippen molar-refractivity contribution in [2.45, 2.75) is 58.0 Å². The molecule has 0 bridgehead atoms. The Morgan fingerprint density at radius 1 is 1.08 bits per heavy atom. The Hall–Kier alpha value is -3.73. The van der Waals surface area contributed by atoms with Gasteiger partial charge in [-0.15, -0.1) is 0 Å². The molecule has 38 heavy (non-hydrogen) atoms. The minimum atomic E-state index is -4.25. The molecule has 0 spiro atoms. The van der Waals surface area contributed by atoms with Crippen LogP contribution in [0.3, 0.4) is 0 Å². The van der Waals surface area contributed by atoms with Crippen LogP contribution < -0.4 is 20.1 Å². The van der Waals surface area contributed by atoms with Crippen molar-refractivity contribution in [2.75, 3.05) is 23.8 Å². The summed E-state index contributed by atoms with van der Waals surface area (Å²) in [6.07, 6.45) is 1.82. The Bertz CT molecular complexity index is 1460. The van der Waals surface area contributed by atoms with Gasteiger partial charge in [0.2, 0.25) is 5.88 Å². The lowest BCUT2D eigenvalue weighted by molar-refractivity contribution is 0.0981. The minimum absolute atomic E-state index is 0. The number of hydrogen-bond acceptors (Lipinski definition) is 9. The van der Waals surface area contributed by atoms with Crippen LogP contribution in [-0.4, -0.2) is 48.0 Å². The summed E-state index contributed by atoms with van der Waals surface area (Å²) in [5.74, 6) is 0.0964. The van der Waals surface area contributed by atoms with E-state index >= 15 is 0 Å². The second-order valence-corrected chi connectivity index (χ2v) is 12.8. The van der Waals surface area contributed by atoms with Gasteiger partial charge in [0.05, 0.1) is 23.6 Å². The average Bonchev–Trinajstić information content (AvgIpc) is 3.20. The Balaban J connectivity index is 0.00000420. The number of pyridine rings is 3. The van der Waals surface area contributed by atoms with Crippen LogP contribution in [0.1, 0.15) is 59.2 Å². The summed E-state index contributed by atoms with van der Waals surface area (Å²) >= 11 is 0. The zero-order valence-corrected chi connectivity index (χ0v) is 23.2. The highest BCUT2D eigenvalue weighted by atomic mass is 32.2. The molecule has 10 nitrogen and oxygen atoms in total. The summed E-state index contributed by atoms with van der Waals surface area (Å²) in [5, 5.41) is -0.338. The number of nitrogens with zero attached hydrogens (tertiary/aromatic N) is 4. The number of nitrogens with two attached hydrogens (primary N) is 1. The number of rotatable bonds is 7. The van der Waals surface area contributed by atoms with E-state index in [1.165, 1.54) is 18.2 Å². The molecule has 0 unspecified atom stereocenters. The van der Waals surface area contributed by atoms with Crippen molar-refractivity contribution in [3.63, 3.8) is 0 Å². The molecule has 0 saturated carbocycles. The zero-order valence-electron chi connectivity index (χ0n) is 22.4. The van der Waals surface area contributed by atoms with E-state index in [-0.39, 0.29) is 28.8 Å². The van der Waals surface area contributed by atoms with Crippen molar-refractivity contribution in [3.8, 4) is 17.3 Å². The van der Waals surface area contributed by atoms with Crippen LogP contribution in [-0.2, 0) is 10.0 Å². The second-order valence-electron chi connectivity index (χ2n) is 11.2. The van der Waals surface area contributed by atoms with Gasteiger partial charge in [-0.1, -0.05) is 32.9 Å². The lowest BCUT2D eigenvalue weighted by Crippen LogP contribution is -2.41. The van der Waals surface area contributed by atoms with E-state index in [1.807, 2.05) is 17.0 Å². The van der Waals surface area contributed by atoms with Gasteiger partial charge >= 0.3 is 0 Å². The van der Waals surface area contributed by atoms with Gasteiger partial charge in [0.25, 0.3) is 15.9 Å². The third-order valence-corrected chi connectivity index (χ3v) is 7.40. The van der Waals surface area contributed by atoms with E-state index in [4.69, 9.17) is 15.5 Å². The largest absolute Gasteiger partial charge is 0.477 e. The molecule has 0 aliphatic carbocycles. The molecule has 1 fully saturated rings. The molecule has 1 aliphatic heterocycles. The molecule has 3 N–H and O–H groups in total. The summed E-state index contributed by atoms with van der Waals surface area (Å²) in [6.45, 7) is 11.6. The molecule has 1 amide bonds. The van der Waals surface area contributed by atoms with E-state index in [0.29, 0.717) is 36.2 Å². The quantitative estimate of drug-likeness (QED) is 0.449. The first-order valence-electron chi connectivity index (χ1n) is 12.4. The van der Waals surface area contributed by atoms with Crippen molar-refractivity contribution in [3.05, 3.63) is 54.1 Å². The molecule has 11 heteroatoms. The first kappa shape index (κ1) is 27.3. The van der Waals surface area contributed by atoms with Crippen molar-refractivity contribution >= 4 is 27.6 Å². The van der Waals surface area contributed by atoms with E-state index in [2.05, 4.69) is 49.3 Å². The number of nitrogen functional groups attached to an aromatic ring is 1. The van der Waals surface area contributed by atoms with Gasteiger partial charge in [-0.2, -0.15) is 8.42 Å². The average molecular weight is 541 g/mol. The van der Waals surface area contributed by atoms with Crippen molar-refractivity contribution in [2.24, 2.45) is 5.41 Å². The van der Waals surface area contributed by atoms with Crippen LogP contribution >= 0.6 is 0 Å². The van der Waals surface area contributed by atoms with Crippen molar-refractivity contribution in [1.29, 1.82) is 0 Å². The van der Waals surface area contributed by atoms with Crippen LogP contribution in [0.2, 0.25) is 0 Å². The fourth-order valence-electron chi connectivity index (χ4n) is 4.21. The Morgan fingerprint density at radius 3 is 2.45 bits per heavy atom. The number of hydrogen-bond donors (Lipinski definition) is 2. The number of anilines is 2. The molecule has 1 saturated heterocycles. The number of sulfonamides is 1. The highest BCUT2D eigenvalue weighted by Crippen LogP contribution is 2.36. The lowest BCUT2D eigenvalue weighted by Gasteiger charge is -2.34. The maximum Gasteiger partial charge on any atom is 0.281 e. The number of nitrogens with one attached hydrogen (secondary N) is 1.